The molecule has 0 aliphatic rings. The molecule has 0 rings (SSSR count). The third-order valence-corrected chi connectivity index (χ3v) is 1.28. The fourth-order valence-electron chi connectivity index (χ4n) is 0.554. The van der Waals surface area contributed by atoms with Crippen LogP contribution in [0.1, 0.15) is 27.7 Å². The summed E-state index contributed by atoms with van der Waals surface area (Å²) in [6, 6.07) is 0. The van der Waals surface area contributed by atoms with E-state index in [1.807, 2.05) is 27.7 Å². The largest absolute Gasteiger partial charge is 0.463 e. The number of esters is 1. The molecule has 3 heteroatoms. The molecule has 0 saturated carbocycles. The topological polar surface area (TPSA) is 35.5 Å². The van der Waals surface area contributed by atoms with Gasteiger partial charge in [0.15, 0.2) is 0 Å². The molecule has 3 nitrogen and oxygen atoms in total. The van der Waals surface area contributed by atoms with Gasteiger partial charge in [0, 0.05) is 6.61 Å². The van der Waals surface area contributed by atoms with E-state index in [1.54, 1.807) is 0 Å². The van der Waals surface area contributed by atoms with Crippen molar-refractivity contribution in [1.29, 1.82) is 0 Å². The van der Waals surface area contributed by atoms with Crippen molar-refractivity contribution < 1.29 is 14.3 Å². The molecule has 0 aromatic carbocycles. The number of ether oxygens (including phenoxy) is 2. The van der Waals surface area contributed by atoms with Gasteiger partial charge in [-0.3, -0.25) is 4.79 Å². The third kappa shape index (κ3) is 5.13. The van der Waals surface area contributed by atoms with Crippen LogP contribution >= 0.6 is 0 Å². The van der Waals surface area contributed by atoms with E-state index in [2.05, 4.69) is 0 Å². The molecule has 0 N–H and O–H groups in total. The van der Waals surface area contributed by atoms with Crippen molar-refractivity contribution in [3.63, 3.8) is 0 Å². The molecule has 12 heavy (non-hydrogen) atoms. The zero-order valence-corrected chi connectivity index (χ0v) is 8.35. The van der Waals surface area contributed by atoms with E-state index in [-0.39, 0.29) is 5.97 Å². The van der Waals surface area contributed by atoms with E-state index in [9.17, 15) is 4.79 Å². The van der Waals surface area contributed by atoms with Crippen LogP contribution in [0, 0.1) is 5.41 Å². The third-order valence-electron chi connectivity index (χ3n) is 1.28. The molecule has 0 unspecified atom stereocenters. The van der Waals surface area contributed by atoms with Crippen LogP contribution in [0.2, 0.25) is 0 Å². The summed E-state index contributed by atoms with van der Waals surface area (Å²) in [5.41, 5.74) is -0.411. The molecule has 0 aliphatic heterocycles. The fraction of sp³-hybridized carbons (Fsp3) is 0.889. The summed E-state index contributed by atoms with van der Waals surface area (Å²) in [6.07, 6.45) is 0. The second-order valence-corrected chi connectivity index (χ2v) is 3.58. The van der Waals surface area contributed by atoms with Crippen molar-refractivity contribution in [2.24, 2.45) is 5.41 Å². The van der Waals surface area contributed by atoms with Gasteiger partial charge in [-0.05, 0) is 27.7 Å². The van der Waals surface area contributed by atoms with Gasteiger partial charge in [-0.15, -0.1) is 0 Å². The van der Waals surface area contributed by atoms with Crippen molar-refractivity contribution in [2.75, 3.05) is 19.8 Å². The number of hydrogen-bond donors (Lipinski definition) is 0. The minimum Gasteiger partial charge on any atom is -0.463 e. The molecule has 0 atom stereocenters. The lowest BCUT2D eigenvalue weighted by Gasteiger charge is -2.16. The molecule has 0 heterocycles. The van der Waals surface area contributed by atoms with Gasteiger partial charge in [0.05, 0.1) is 12.0 Å². The van der Waals surface area contributed by atoms with Crippen molar-refractivity contribution in [2.45, 2.75) is 27.7 Å². The van der Waals surface area contributed by atoms with Crippen LogP contribution in [0.5, 0.6) is 0 Å². The van der Waals surface area contributed by atoms with E-state index in [4.69, 9.17) is 9.47 Å². The molecule has 0 aromatic rings. The van der Waals surface area contributed by atoms with Crippen LogP contribution in [-0.2, 0) is 14.3 Å². The quantitative estimate of drug-likeness (QED) is 0.480. The second-order valence-electron chi connectivity index (χ2n) is 3.58. The highest BCUT2D eigenvalue weighted by Gasteiger charge is 2.22. The standard InChI is InChI=1S/C9H18O3/c1-5-11-6-7-12-8(10)9(2,3)4/h5-7H2,1-4H3. The van der Waals surface area contributed by atoms with E-state index >= 15 is 0 Å². The first-order chi connectivity index (χ1) is 5.48. The molecule has 0 aliphatic carbocycles. The molecule has 0 radical (unpaired) electrons. The zero-order chi connectivity index (χ0) is 9.61. The van der Waals surface area contributed by atoms with E-state index in [0.29, 0.717) is 19.8 Å². The maximum absolute atomic E-state index is 11.1. The van der Waals surface area contributed by atoms with Crippen molar-refractivity contribution in [3.05, 3.63) is 0 Å². The number of carbonyl (C=O) groups is 1. The Balaban J connectivity index is 3.45. The van der Waals surface area contributed by atoms with Gasteiger partial charge in [-0.1, -0.05) is 0 Å². The van der Waals surface area contributed by atoms with Gasteiger partial charge in [0.2, 0.25) is 0 Å². The fourth-order valence-corrected chi connectivity index (χ4v) is 0.554. The average Bonchev–Trinajstić information content (AvgIpc) is 1.96. The van der Waals surface area contributed by atoms with Crippen LogP contribution in [0.4, 0.5) is 0 Å². The van der Waals surface area contributed by atoms with Gasteiger partial charge >= 0.3 is 5.97 Å². The summed E-state index contributed by atoms with van der Waals surface area (Å²) in [7, 11) is 0. The first-order valence-electron chi connectivity index (χ1n) is 4.23. The minimum atomic E-state index is -0.411. The Morgan fingerprint density at radius 2 is 1.83 bits per heavy atom. The highest BCUT2D eigenvalue weighted by Crippen LogP contribution is 2.14. The monoisotopic (exact) mass is 174 g/mol. The van der Waals surface area contributed by atoms with Crippen LogP contribution in [0.3, 0.4) is 0 Å². The Morgan fingerprint density at radius 3 is 2.25 bits per heavy atom. The lowest BCUT2D eigenvalue weighted by Crippen LogP contribution is -2.24. The number of hydrogen-bond acceptors (Lipinski definition) is 3. The predicted molar refractivity (Wildman–Crippen MR) is 46.9 cm³/mol. The van der Waals surface area contributed by atoms with Gasteiger partial charge in [-0.2, -0.15) is 0 Å². The first kappa shape index (κ1) is 11.4. The summed E-state index contributed by atoms with van der Waals surface area (Å²) >= 11 is 0. The van der Waals surface area contributed by atoms with Crippen molar-refractivity contribution in [3.8, 4) is 0 Å². The van der Waals surface area contributed by atoms with Crippen LogP contribution < -0.4 is 0 Å². The van der Waals surface area contributed by atoms with Gasteiger partial charge < -0.3 is 9.47 Å². The van der Waals surface area contributed by atoms with E-state index in [0.717, 1.165) is 0 Å². The summed E-state index contributed by atoms with van der Waals surface area (Å²) < 4.78 is 9.96. The average molecular weight is 174 g/mol. The molecule has 0 aromatic heterocycles. The molecule has 0 spiro atoms. The van der Waals surface area contributed by atoms with Gasteiger partial charge in [-0.25, -0.2) is 0 Å². The molecule has 0 fully saturated rings. The highest BCUT2D eigenvalue weighted by molar-refractivity contribution is 5.75. The van der Waals surface area contributed by atoms with Crippen molar-refractivity contribution >= 4 is 5.97 Å². The van der Waals surface area contributed by atoms with E-state index < -0.39 is 5.41 Å². The minimum absolute atomic E-state index is 0.179. The maximum atomic E-state index is 11.1. The van der Waals surface area contributed by atoms with Gasteiger partial charge in [0.25, 0.3) is 0 Å². The summed E-state index contributed by atoms with van der Waals surface area (Å²) in [6.45, 7) is 8.89. The highest BCUT2D eigenvalue weighted by atomic mass is 16.6. The Kier molecular flexibility index (Phi) is 4.90. The molecule has 0 amide bonds. The lowest BCUT2D eigenvalue weighted by molar-refractivity contribution is -0.154. The predicted octanol–water partition coefficient (Wildman–Crippen LogP) is 1.61. The van der Waals surface area contributed by atoms with Crippen LogP contribution in [-0.4, -0.2) is 25.8 Å². The second kappa shape index (κ2) is 5.14. The smallest absolute Gasteiger partial charge is 0.311 e. The number of rotatable bonds is 4. The maximum Gasteiger partial charge on any atom is 0.311 e. The van der Waals surface area contributed by atoms with Crippen LogP contribution in [0.25, 0.3) is 0 Å². The van der Waals surface area contributed by atoms with E-state index in [1.165, 1.54) is 0 Å². The van der Waals surface area contributed by atoms with Crippen LogP contribution in [0.15, 0.2) is 0 Å². The molecular weight excluding hydrogens is 156 g/mol. The molecule has 0 bridgehead atoms. The normalized spacial score (nSPS) is 11.3. The summed E-state index contributed by atoms with van der Waals surface area (Å²) in [5, 5.41) is 0. The zero-order valence-electron chi connectivity index (χ0n) is 8.35. The molecule has 72 valence electrons. The molecular formula is C9H18O3. The summed E-state index contributed by atoms with van der Waals surface area (Å²) in [5.74, 6) is -0.179. The Labute approximate surface area is 74.0 Å². The SMILES string of the molecule is CCOCCOC(=O)C(C)(C)C. The summed E-state index contributed by atoms with van der Waals surface area (Å²) in [4.78, 5) is 11.1. The Hall–Kier alpha value is -0.570. The van der Waals surface area contributed by atoms with Crippen molar-refractivity contribution in [1.82, 2.24) is 0 Å². The Bertz CT molecular complexity index is 135. The van der Waals surface area contributed by atoms with Gasteiger partial charge in [0.1, 0.15) is 6.61 Å². The Morgan fingerprint density at radius 1 is 1.25 bits per heavy atom. The first-order valence-corrected chi connectivity index (χ1v) is 4.23. The number of carbonyl (C=O) groups excluding carboxylic acids is 1. The lowest BCUT2D eigenvalue weighted by atomic mass is 9.97. The molecule has 0 saturated heterocycles.